The van der Waals surface area contributed by atoms with Gasteiger partial charge in [-0.3, -0.25) is 15.0 Å². The van der Waals surface area contributed by atoms with Crippen LogP contribution in [0.2, 0.25) is 5.02 Å². The predicted molar refractivity (Wildman–Crippen MR) is 172 cm³/mol. The summed E-state index contributed by atoms with van der Waals surface area (Å²) in [4.78, 5) is 47.7. The van der Waals surface area contributed by atoms with Gasteiger partial charge in [-0.25, -0.2) is 9.59 Å². The maximum atomic E-state index is 13.9. The molecule has 0 saturated carbocycles. The number of rotatable bonds is 6. The highest BCUT2D eigenvalue weighted by molar-refractivity contribution is 7.14. The van der Waals surface area contributed by atoms with Crippen LogP contribution in [0.1, 0.15) is 42.4 Å². The molecule has 5 heterocycles. The quantitative estimate of drug-likeness (QED) is 0.360. The molecule has 1 atom stereocenters. The first-order valence-corrected chi connectivity index (χ1v) is 17.2. The zero-order valence-corrected chi connectivity index (χ0v) is 27.4. The lowest BCUT2D eigenvalue weighted by Gasteiger charge is -2.41. The smallest absolute Gasteiger partial charge is 0.420 e. The van der Waals surface area contributed by atoms with Gasteiger partial charge in [-0.15, -0.1) is 11.3 Å². The minimum Gasteiger partial charge on any atom is -0.506 e. The molecular formula is C31H39ClF3N7O4S. The number of aromatic hydroxyl groups is 1. The molecule has 3 fully saturated rings. The lowest BCUT2D eigenvalue weighted by molar-refractivity contribution is -0.138. The molecule has 3 saturated heterocycles. The number of phenolic OH excluding ortho intramolecular Hbond substituents is 1. The molecule has 0 unspecified atom stereocenters. The third-order valence-electron chi connectivity index (χ3n) is 9.67. The first-order chi connectivity index (χ1) is 22.5. The Morgan fingerprint density at radius 3 is 2.36 bits per heavy atom. The standard InChI is InChI=1S/C31H39ClF3N7O4S/c32-24-16-19(15-23(26(24)43)31(33,34)35)17-25(28(44)40-8-1-21(2-9-40)39-12-6-36-7-13-39)37-29(45)41-10-3-22(4-11-41)42-18-20-5-14-47-27(20)38-30(42)46/h5,14-16,21-22,25,36,43H,1-4,6-13,17-18H2,(H,37,45)(H,38,46)/t25-/m1/s1. The number of fused-ring (bicyclic) bond motifs is 1. The molecule has 0 spiro atoms. The molecule has 4 aliphatic heterocycles. The first kappa shape index (κ1) is 33.6. The molecule has 11 nitrogen and oxygen atoms in total. The number of nitrogens with zero attached hydrogens (tertiary/aromatic N) is 4. The number of amides is 5. The molecule has 4 N–H and O–H groups in total. The number of nitrogens with one attached hydrogen (secondary N) is 3. The molecule has 16 heteroatoms. The fraction of sp³-hybridized carbons (Fsp3) is 0.581. The van der Waals surface area contributed by atoms with Gasteiger partial charge < -0.3 is 30.4 Å². The molecule has 0 bridgehead atoms. The van der Waals surface area contributed by atoms with Gasteiger partial charge in [-0.1, -0.05) is 11.6 Å². The predicted octanol–water partition coefficient (Wildman–Crippen LogP) is 4.15. The van der Waals surface area contributed by atoms with E-state index >= 15 is 0 Å². The van der Waals surface area contributed by atoms with E-state index in [-0.39, 0.29) is 30.0 Å². The fourth-order valence-corrected chi connectivity index (χ4v) is 8.09. The lowest BCUT2D eigenvalue weighted by atomic mass is 9.98. The van der Waals surface area contributed by atoms with E-state index in [0.29, 0.717) is 51.6 Å². The Morgan fingerprint density at radius 1 is 1.02 bits per heavy atom. The van der Waals surface area contributed by atoms with Crippen LogP contribution in [-0.4, -0.2) is 113 Å². The summed E-state index contributed by atoms with van der Waals surface area (Å²) in [5.74, 6) is -1.45. The van der Waals surface area contributed by atoms with E-state index in [0.717, 1.165) is 55.7 Å². The van der Waals surface area contributed by atoms with Crippen LogP contribution < -0.4 is 16.0 Å². The summed E-state index contributed by atoms with van der Waals surface area (Å²) in [5, 5.41) is 21.4. The average Bonchev–Trinajstić information content (AvgIpc) is 3.52. The van der Waals surface area contributed by atoms with Gasteiger partial charge in [0.05, 0.1) is 17.1 Å². The fourth-order valence-electron chi connectivity index (χ4n) is 7.05. The van der Waals surface area contributed by atoms with Crippen molar-refractivity contribution in [1.82, 2.24) is 30.2 Å². The minimum absolute atomic E-state index is 0.0668. The zero-order chi connectivity index (χ0) is 33.3. The van der Waals surface area contributed by atoms with Crippen molar-refractivity contribution in [3.05, 3.63) is 45.3 Å². The number of halogens is 4. The number of likely N-dealkylation sites (tertiary alicyclic amines) is 2. The van der Waals surface area contributed by atoms with E-state index in [2.05, 4.69) is 20.9 Å². The highest BCUT2D eigenvalue weighted by Crippen LogP contribution is 2.40. The van der Waals surface area contributed by atoms with Gasteiger partial charge in [0.1, 0.15) is 16.8 Å². The van der Waals surface area contributed by atoms with Gasteiger partial charge in [0.2, 0.25) is 5.91 Å². The number of piperazine rings is 1. The molecule has 256 valence electrons. The molecule has 0 radical (unpaired) electrons. The van der Waals surface area contributed by atoms with Crippen molar-refractivity contribution in [2.75, 3.05) is 57.7 Å². The molecule has 5 amide bonds. The maximum Gasteiger partial charge on any atom is 0.420 e. The van der Waals surface area contributed by atoms with Gasteiger partial charge in [0, 0.05) is 76.4 Å². The number of hydrogen-bond acceptors (Lipinski definition) is 7. The van der Waals surface area contributed by atoms with E-state index in [1.807, 2.05) is 11.4 Å². The minimum atomic E-state index is -4.86. The second kappa shape index (κ2) is 14.1. The number of urea groups is 2. The number of thiophene rings is 1. The molecular weight excluding hydrogens is 659 g/mol. The van der Waals surface area contributed by atoms with Gasteiger partial charge in [-0.05, 0) is 54.8 Å². The van der Waals surface area contributed by atoms with Crippen LogP contribution in [0, 0.1) is 0 Å². The van der Waals surface area contributed by atoms with E-state index in [1.54, 1.807) is 14.7 Å². The monoisotopic (exact) mass is 697 g/mol. The molecule has 0 aliphatic carbocycles. The Morgan fingerprint density at radius 2 is 1.68 bits per heavy atom. The van der Waals surface area contributed by atoms with E-state index < -0.39 is 34.6 Å². The average molecular weight is 698 g/mol. The zero-order valence-electron chi connectivity index (χ0n) is 25.8. The third-order valence-corrected chi connectivity index (χ3v) is 10.8. The Hall–Kier alpha value is -3.27. The Labute approximate surface area is 280 Å². The van der Waals surface area contributed by atoms with Crippen LogP contribution >= 0.6 is 22.9 Å². The summed E-state index contributed by atoms with van der Waals surface area (Å²) in [6.07, 6.45) is -2.49. The summed E-state index contributed by atoms with van der Waals surface area (Å²) >= 11 is 7.46. The van der Waals surface area contributed by atoms with Crippen LogP contribution in [0.25, 0.3) is 0 Å². The topological polar surface area (TPSA) is 120 Å². The van der Waals surface area contributed by atoms with Gasteiger partial charge in [0.15, 0.2) is 0 Å². The number of carbonyl (C=O) groups excluding carboxylic acids is 3. The van der Waals surface area contributed by atoms with Crippen LogP contribution in [-0.2, 0) is 23.9 Å². The number of carbonyl (C=O) groups is 3. The van der Waals surface area contributed by atoms with Crippen molar-refractivity contribution < 1.29 is 32.7 Å². The van der Waals surface area contributed by atoms with Crippen molar-refractivity contribution in [2.24, 2.45) is 0 Å². The van der Waals surface area contributed by atoms with Crippen LogP contribution in [0.15, 0.2) is 23.6 Å². The van der Waals surface area contributed by atoms with Crippen LogP contribution in [0.5, 0.6) is 5.75 Å². The van der Waals surface area contributed by atoms with Crippen molar-refractivity contribution >= 4 is 45.9 Å². The summed E-state index contributed by atoms with van der Waals surface area (Å²) in [6.45, 7) is 5.84. The normalized spacial score (nSPS) is 20.9. The summed E-state index contributed by atoms with van der Waals surface area (Å²) in [7, 11) is 0. The molecule has 2 aromatic rings. The molecule has 47 heavy (non-hydrogen) atoms. The number of hydrogen-bond donors (Lipinski definition) is 4. The summed E-state index contributed by atoms with van der Waals surface area (Å²) in [6, 6.07) is 2.42. The number of phenols is 1. The third kappa shape index (κ3) is 7.58. The Balaban J connectivity index is 1.13. The lowest BCUT2D eigenvalue weighted by Crippen LogP contribution is -2.58. The molecule has 4 aliphatic rings. The second-order valence-electron chi connectivity index (χ2n) is 12.6. The van der Waals surface area contributed by atoms with Crippen LogP contribution in [0.4, 0.5) is 27.8 Å². The summed E-state index contributed by atoms with van der Waals surface area (Å²) in [5.41, 5.74) is -0.180. The van der Waals surface area contributed by atoms with Crippen molar-refractivity contribution in [3.63, 3.8) is 0 Å². The van der Waals surface area contributed by atoms with E-state index in [9.17, 15) is 32.7 Å². The molecule has 6 rings (SSSR count). The number of alkyl halides is 3. The largest absolute Gasteiger partial charge is 0.506 e. The van der Waals surface area contributed by atoms with Crippen molar-refractivity contribution in [1.29, 1.82) is 0 Å². The van der Waals surface area contributed by atoms with E-state index in [4.69, 9.17) is 11.6 Å². The maximum absolute atomic E-state index is 13.9. The highest BCUT2D eigenvalue weighted by atomic mass is 35.5. The Bertz CT molecular complexity index is 1470. The number of anilines is 1. The van der Waals surface area contributed by atoms with Gasteiger partial charge in [0.25, 0.3) is 0 Å². The van der Waals surface area contributed by atoms with E-state index in [1.165, 1.54) is 17.4 Å². The Kier molecular flexibility index (Phi) is 10.1. The SMILES string of the molecule is O=C(N[C@H](Cc1cc(Cl)c(O)c(C(F)(F)F)c1)C(=O)N1CCC(N2CCNCC2)CC1)N1CCC(N2Cc3ccsc3NC2=O)CC1. The highest BCUT2D eigenvalue weighted by Gasteiger charge is 2.38. The number of piperidine rings is 2. The first-order valence-electron chi connectivity index (χ1n) is 16.0. The molecule has 1 aromatic carbocycles. The summed E-state index contributed by atoms with van der Waals surface area (Å²) < 4.78 is 41.0. The van der Waals surface area contributed by atoms with Crippen molar-refractivity contribution in [2.45, 2.75) is 63.0 Å². The molecule has 1 aromatic heterocycles. The van der Waals surface area contributed by atoms with Crippen molar-refractivity contribution in [3.8, 4) is 5.75 Å². The second-order valence-corrected chi connectivity index (χ2v) is 13.9. The van der Waals surface area contributed by atoms with Gasteiger partial charge in [-0.2, -0.15) is 13.2 Å². The van der Waals surface area contributed by atoms with Crippen LogP contribution in [0.3, 0.4) is 0 Å². The van der Waals surface area contributed by atoms with Gasteiger partial charge >= 0.3 is 18.2 Å². The number of benzene rings is 1.